The Morgan fingerprint density at radius 1 is 0.378 bits per heavy atom. The molecule has 1 aliphatic heterocycles. The Labute approximate surface area is 492 Å². The van der Waals surface area contributed by atoms with Gasteiger partial charge in [-0.3, -0.25) is 52.7 Å². The van der Waals surface area contributed by atoms with Crippen molar-refractivity contribution in [1.29, 1.82) is 0 Å². The molecule has 0 aromatic rings. The van der Waals surface area contributed by atoms with Crippen molar-refractivity contribution >= 4 is 65.0 Å². The summed E-state index contributed by atoms with van der Waals surface area (Å²) < 4.78 is 0. The zero-order chi connectivity index (χ0) is 63.7. The summed E-state index contributed by atoms with van der Waals surface area (Å²) in [5, 5.41) is 11.2. The van der Waals surface area contributed by atoms with E-state index in [2.05, 4.69) is 21.3 Å². The predicted octanol–water partition coefficient (Wildman–Crippen LogP) is 3.74. The topological polar surface area (TPSA) is 259 Å². The quantitative estimate of drug-likeness (QED) is 0.195. The second-order valence-corrected chi connectivity index (χ2v) is 25.9. The van der Waals surface area contributed by atoms with Crippen molar-refractivity contribution in [2.45, 2.75) is 223 Å². The first-order chi connectivity index (χ1) is 37.7. The van der Waals surface area contributed by atoms with Crippen molar-refractivity contribution in [3.63, 3.8) is 0 Å². The number of hydrogen-bond acceptors (Lipinski definition) is 11. The monoisotopic (exact) mass is 1160 g/mol. The molecule has 1 rings (SSSR count). The van der Waals surface area contributed by atoms with Gasteiger partial charge in [-0.2, -0.15) is 0 Å². The molecule has 1 fully saturated rings. The maximum Gasteiger partial charge on any atom is 0.246 e. The minimum absolute atomic E-state index is 0.109. The van der Waals surface area contributed by atoms with Crippen LogP contribution in [0.2, 0.25) is 0 Å². The summed E-state index contributed by atoms with van der Waals surface area (Å²) in [6.45, 7) is 30.2. The number of rotatable bonds is 14. The van der Waals surface area contributed by atoms with Gasteiger partial charge in [0.05, 0.1) is 6.54 Å². The van der Waals surface area contributed by atoms with Gasteiger partial charge >= 0.3 is 0 Å². The highest BCUT2D eigenvalue weighted by molar-refractivity contribution is 5.99. The van der Waals surface area contributed by atoms with Crippen LogP contribution in [0, 0.1) is 41.4 Å². The summed E-state index contributed by atoms with van der Waals surface area (Å²) in [7, 11) is 10.3. The Hall–Kier alpha value is -5.83. The standard InChI is InChI=1S/C60H109N11O11/c1-25-26-42-56(78)65(18)32-48(72)66(19)43(27-33(2)3)54(76)64-49(38(12)13)59(81)67(20)44(28-34(4)5)52(74)61-40(16)51(73)62-41(17)55(77)69(22)46(30-36(8)9)57(79)70(23)47(31-37(10)11)58(80)71(24)50(39(14)15)60(82)68(21)45(29-35(6)7)53(75)63-42/h33-47,49-50H,25-32H2,1-24H3,(H,61,74)(H,62,73)(H,63,75)(H,64,76)/t40-,41+,42-,43-,44-,45+,46-,47-,49-,50-/m0/s1. The molecule has 0 saturated carbocycles. The molecule has 0 aromatic carbocycles. The van der Waals surface area contributed by atoms with E-state index in [0.717, 1.165) is 0 Å². The van der Waals surface area contributed by atoms with E-state index in [-0.39, 0.29) is 68.1 Å². The molecule has 470 valence electrons. The van der Waals surface area contributed by atoms with Crippen LogP contribution in [0.4, 0.5) is 0 Å². The molecule has 0 bridgehead atoms. The summed E-state index contributed by atoms with van der Waals surface area (Å²) in [6, 6.07) is -11.3. The molecular formula is C60H109N11O11. The van der Waals surface area contributed by atoms with Gasteiger partial charge in [-0.1, -0.05) is 110 Å². The molecule has 82 heavy (non-hydrogen) atoms. The van der Waals surface area contributed by atoms with E-state index in [1.165, 1.54) is 97.5 Å². The van der Waals surface area contributed by atoms with E-state index < -0.39 is 144 Å². The number of likely N-dealkylation sites (N-methyl/N-ethyl adjacent to an activating group) is 7. The van der Waals surface area contributed by atoms with Gasteiger partial charge in [0.1, 0.15) is 60.4 Å². The van der Waals surface area contributed by atoms with Crippen molar-refractivity contribution < 1.29 is 52.7 Å². The molecular weight excluding hydrogens is 1050 g/mol. The number of hydrogen-bond donors (Lipinski definition) is 4. The van der Waals surface area contributed by atoms with E-state index in [0.29, 0.717) is 6.42 Å². The van der Waals surface area contributed by atoms with Crippen LogP contribution in [-0.4, -0.2) is 216 Å². The summed E-state index contributed by atoms with van der Waals surface area (Å²) in [6.07, 6.45) is 1.58. The van der Waals surface area contributed by atoms with E-state index >= 15 is 4.79 Å². The predicted molar refractivity (Wildman–Crippen MR) is 318 cm³/mol. The zero-order valence-electron chi connectivity index (χ0n) is 54.6. The van der Waals surface area contributed by atoms with Crippen molar-refractivity contribution in [3.8, 4) is 0 Å². The second kappa shape index (κ2) is 33.5. The van der Waals surface area contributed by atoms with Gasteiger partial charge in [0.15, 0.2) is 0 Å². The molecule has 11 amide bonds. The molecule has 0 unspecified atom stereocenters. The van der Waals surface area contributed by atoms with Gasteiger partial charge in [-0.05, 0) is 93.8 Å². The van der Waals surface area contributed by atoms with Crippen LogP contribution in [0.25, 0.3) is 0 Å². The van der Waals surface area contributed by atoms with Gasteiger partial charge in [0.2, 0.25) is 65.0 Å². The fourth-order valence-electron chi connectivity index (χ4n) is 10.4. The van der Waals surface area contributed by atoms with Crippen LogP contribution >= 0.6 is 0 Å². The molecule has 0 radical (unpaired) electrons. The molecule has 1 aliphatic rings. The largest absolute Gasteiger partial charge is 0.343 e. The minimum Gasteiger partial charge on any atom is -0.343 e. The van der Waals surface area contributed by atoms with Crippen LogP contribution in [0.5, 0.6) is 0 Å². The van der Waals surface area contributed by atoms with Crippen LogP contribution in [0.15, 0.2) is 0 Å². The molecule has 0 aromatic heterocycles. The van der Waals surface area contributed by atoms with Crippen LogP contribution in [-0.2, 0) is 52.7 Å². The maximum absolute atomic E-state index is 15.0. The van der Waals surface area contributed by atoms with Crippen LogP contribution < -0.4 is 21.3 Å². The lowest BCUT2D eigenvalue weighted by molar-refractivity contribution is -0.156. The number of nitrogens with zero attached hydrogens (tertiary/aromatic N) is 7. The van der Waals surface area contributed by atoms with E-state index in [1.54, 1.807) is 27.7 Å². The highest BCUT2D eigenvalue weighted by atomic mass is 16.2. The smallest absolute Gasteiger partial charge is 0.246 e. The van der Waals surface area contributed by atoms with Crippen LogP contribution in [0.3, 0.4) is 0 Å². The molecule has 1 heterocycles. The molecule has 22 nitrogen and oxygen atoms in total. The molecule has 0 aliphatic carbocycles. The van der Waals surface area contributed by atoms with Gasteiger partial charge in [-0.15, -0.1) is 0 Å². The van der Waals surface area contributed by atoms with Crippen molar-refractivity contribution in [2.75, 3.05) is 55.9 Å². The fourth-order valence-corrected chi connectivity index (χ4v) is 10.4. The molecule has 0 spiro atoms. The Morgan fingerprint density at radius 3 is 1.15 bits per heavy atom. The summed E-state index contributed by atoms with van der Waals surface area (Å²) in [5.74, 6) is -8.19. The summed E-state index contributed by atoms with van der Waals surface area (Å²) in [5.41, 5.74) is 0. The van der Waals surface area contributed by atoms with Crippen molar-refractivity contribution in [3.05, 3.63) is 0 Å². The first-order valence-corrected chi connectivity index (χ1v) is 29.8. The average Bonchev–Trinajstić information content (AvgIpc) is 3.47. The molecule has 10 atom stereocenters. The third-order valence-corrected chi connectivity index (χ3v) is 15.4. The average molecular weight is 1160 g/mol. The van der Waals surface area contributed by atoms with E-state index in [4.69, 9.17) is 0 Å². The highest BCUT2D eigenvalue weighted by Gasteiger charge is 2.44. The first-order valence-electron chi connectivity index (χ1n) is 29.8. The van der Waals surface area contributed by atoms with E-state index in [9.17, 15) is 47.9 Å². The molecule has 4 N–H and O–H groups in total. The van der Waals surface area contributed by atoms with Gasteiger partial charge in [0.25, 0.3) is 0 Å². The maximum atomic E-state index is 15.0. The number of amides is 11. The lowest BCUT2D eigenvalue weighted by Gasteiger charge is -2.41. The Kier molecular flexibility index (Phi) is 30.3. The lowest BCUT2D eigenvalue weighted by Crippen LogP contribution is -2.61. The fraction of sp³-hybridized carbons (Fsp3) is 0.817. The lowest BCUT2D eigenvalue weighted by atomic mass is 9.94. The third kappa shape index (κ3) is 21.1. The SMILES string of the molecule is CCC[C@@H]1NC(=O)[C@@H](CC(C)C)N(C)C(=O)[C@H](C(C)C)N(C)C(=O)[C@H](CC(C)C)N(C)C(=O)[C@H](CC(C)C)N(C)C(=O)[C@@H](C)NC(=O)[C@H](C)NC(=O)[C@H](CC(C)C)N(C)C(=O)[C@H](C(C)C)NC(=O)[C@H](CC(C)C)N(C)C(=O)CN(C)C1=O. The van der Waals surface area contributed by atoms with Gasteiger partial charge in [0, 0.05) is 49.3 Å². The molecule has 1 saturated heterocycles. The number of carbonyl (C=O) groups excluding carboxylic acids is 11. The number of carbonyl (C=O) groups is 11. The van der Waals surface area contributed by atoms with Crippen LogP contribution in [0.1, 0.15) is 163 Å². The van der Waals surface area contributed by atoms with Gasteiger partial charge < -0.3 is 55.6 Å². The van der Waals surface area contributed by atoms with Crippen molar-refractivity contribution in [2.24, 2.45) is 41.4 Å². The Bertz CT molecular complexity index is 2200. The first kappa shape index (κ1) is 74.2. The normalized spacial score (nSPS) is 26.6. The Morgan fingerprint density at radius 2 is 0.732 bits per heavy atom. The van der Waals surface area contributed by atoms with E-state index in [1.807, 2.05) is 76.2 Å². The summed E-state index contributed by atoms with van der Waals surface area (Å²) in [4.78, 5) is 168. The minimum atomic E-state index is -1.21. The molecule has 22 heteroatoms. The van der Waals surface area contributed by atoms with Gasteiger partial charge in [-0.25, -0.2) is 0 Å². The number of nitrogens with one attached hydrogen (secondary N) is 4. The highest BCUT2D eigenvalue weighted by Crippen LogP contribution is 2.25. The second-order valence-electron chi connectivity index (χ2n) is 25.9. The van der Waals surface area contributed by atoms with Crippen molar-refractivity contribution in [1.82, 2.24) is 55.6 Å². The third-order valence-electron chi connectivity index (χ3n) is 15.4. The zero-order valence-corrected chi connectivity index (χ0v) is 54.6. The summed E-state index contributed by atoms with van der Waals surface area (Å²) >= 11 is 0. The Balaban J connectivity index is 4.23.